The van der Waals surface area contributed by atoms with Crippen molar-refractivity contribution in [1.82, 2.24) is 0 Å². The van der Waals surface area contributed by atoms with Crippen LogP contribution in [0.15, 0.2) is 24.3 Å². The van der Waals surface area contributed by atoms with Crippen LogP contribution in [0, 0.1) is 19.3 Å². The number of hydrogen-bond donors (Lipinski definition) is 2. The first-order valence-corrected chi connectivity index (χ1v) is 10.2. The standard InChI is InChI=1S/C22H26N2O5S/c1-12-13(2)30-19(24-21(28)22(4,5)6)18(12)20(27)29-11-17(26)15-7-9-16(10-8-15)23-14(3)25/h7-10H,11H2,1-6H3,(H,23,25)(H,24,28). The quantitative estimate of drug-likeness (QED) is 0.524. The molecule has 0 aliphatic heterocycles. The van der Waals surface area contributed by atoms with E-state index < -0.39 is 18.0 Å². The zero-order valence-electron chi connectivity index (χ0n) is 18.0. The molecule has 0 bridgehead atoms. The molecule has 30 heavy (non-hydrogen) atoms. The summed E-state index contributed by atoms with van der Waals surface area (Å²) in [5, 5.41) is 5.83. The Bertz CT molecular complexity index is 984. The van der Waals surface area contributed by atoms with E-state index in [-0.39, 0.29) is 23.2 Å². The summed E-state index contributed by atoms with van der Waals surface area (Å²) in [6, 6.07) is 6.30. The molecule has 0 aliphatic carbocycles. The maximum atomic E-state index is 12.7. The van der Waals surface area contributed by atoms with Crippen LogP contribution in [0.4, 0.5) is 10.7 Å². The van der Waals surface area contributed by atoms with Gasteiger partial charge in [-0.25, -0.2) is 4.79 Å². The maximum Gasteiger partial charge on any atom is 0.341 e. The van der Waals surface area contributed by atoms with Gasteiger partial charge >= 0.3 is 5.97 Å². The number of aryl methyl sites for hydroxylation is 1. The largest absolute Gasteiger partial charge is 0.454 e. The number of amides is 2. The van der Waals surface area contributed by atoms with Crippen molar-refractivity contribution >= 4 is 45.6 Å². The second-order valence-corrected chi connectivity index (χ2v) is 9.17. The Morgan fingerprint density at radius 1 is 1.00 bits per heavy atom. The number of carbonyl (C=O) groups excluding carboxylic acids is 4. The third kappa shape index (κ3) is 5.76. The molecule has 0 saturated carbocycles. The lowest BCUT2D eigenvalue weighted by atomic mass is 9.96. The number of thiophene rings is 1. The van der Waals surface area contributed by atoms with Crippen molar-refractivity contribution in [3.63, 3.8) is 0 Å². The number of ketones is 1. The lowest BCUT2D eigenvalue weighted by Gasteiger charge is -2.17. The van der Waals surface area contributed by atoms with Crippen molar-refractivity contribution in [2.24, 2.45) is 5.41 Å². The molecule has 2 amide bonds. The lowest BCUT2D eigenvalue weighted by Crippen LogP contribution is -2.28. The monoisotopic (exact) mass is 430 g/mol. The third-order valence-electron chi connectivity index (χ3n) is 4.36. The predicted molar refractivity (Wildman–Crippen MR) is 117 cm³/mol. The molecular formula is C22H26N2O5S. The van der Waals surface area contributed by atoms with E-state index in [1.54, 1.807) is 52.0 Å². The molecule has 2 aromatic rings. The number of carbonyl (C=O) groups is 4. The SMILES string of the molecule is CC(=O)Nc1ccc(C(=O)COC(=O)c2c(NC(=O)C(C)(C)C)sc(C)c2C)cc1. The fourth-order valence-corrected chi connectivity index (χ4v) is 3.52. The molecule has 0 atom stereocenters. The van der Waals surface area contributed by atoms with Crippen LogP contribution >= 0.6 is 11.3 Å². The second kappa shape index (κ2) is 9.21. The molecule has 1 aromatic carbocycles. The van der Waals surface area contributed by atoms with Crippen molar-refractivity contribution in [3.8, 4) is 0 Å². The predicted octanol–water partition coefficient (Wildman–Crippen LogP) is 4.35. The summed E-state index contributed by atoms with van der Waals surface area (Å²) in [4.78, 5) is 49.3. The van der Waals surface area contributed by atoms with E-state index in [0.717, 1.165) is 4.88 Å². The van der Waals surface area contributed by atoms with Crippen LogP contribution in [0.3, 0.4) is 0 Å². The number of esters is 1. The lowest BCUT2D eigenvalue weighted by molar-refractivity contribution is -0.123. The van der Waals surface area contributed by atoms with Gasteiger partial charge in [0.15, 0.2) is 12.4 Å². The normalized spacial score (nSPS) is 11.0. The van der Waals surface area contributed by atoms with Crippen LogP contribution in [0.5, 0.6) is 0 Å². The van der Waals surface area contributed by atoms with Crippen molar-refractivity contribution < 1.29 is 23.9 Å². The maximum absolute atomic E-state index is 12.7. The van der Waals surface area contributed by atoms with Gasteiger partial charge in [-0.2, -0.15) is 0 Å². The summed E-state index contributed by atoms with van der Waals surface area (Å²) in [5.41, 5.74) is 1.29. The van der Waals surface area contributed by atoms with E-state index in [1.807, 2.05) is 6.92 Å². The molecular weight excluding hydrogens is 404 g/mol. The number of anilines is 2. The minimum absolute atomic E-state index is 0.209. The molecule has 0 saturated heterocycles. The van der Waals surface area contributed by atoms with Gasteiger partial charge in [0.2, 0.25) is 11.8 Å². The van der Waals surface area contributed by atoms with Gasteiger partial charge in [0.1, 0.15) is 5.00 Å². The highest BCUT2D eigenvalue weighted by molar-refractivity contribution is 7.16. The molecule has 2 rings (SSSR count). The van der Waals surface area contributed by atoms with E-state index in [4.69, 9.17) is 4.74 Å². The fraction of sp³-hybridized carbons (Fsp3) is 0.364. The highest BCUT2D eigenvalue weighted by Gasteiger charge is 2.27. The Kier molecular flexibility index (Phi) is 7.15. The second-order valence-electron chi connectivity index (χ2n) is 7.95. The topological polar surface area (TPSA) is 102 Å². The molecule has 8 heteroatoms. The van der Waals surface area contributed by atoms with Crippen LogP contribution in [0.2, 0.25) is 0 Å². The Labute approximate surface area is 179 Å². The highest BCUT2D eigenvalue weighted by atomic mass is 32.1. The Morgan fingerprint density at radius 2 is 1.60 bits per heavy atom. The summed E-state index contributed by atoms with van der Waals surface area (Å²) in [6.07, 6.45) is 0. The van der Waals surface area contributed by atoms with Crippen LogP contribution in [-0.2, 0) is 14.3 Å². The molecule has 0 unspecified atom stereocenters. The van der Waals surface area contributed by atoms with Crippen molar-refractivity contribution in [3.05, 3.63) is 45.8 Å². The van der Waals surface area contributed by atoms with Gasteiger partial charge in [-0.05, 0) is 43.7 Å². The van der Waals surface area contributed by atoms with Gasteiger partial charge in [-0.15, -0.1) is 11.3 Å². The molecule has 2 N–H and O–H groups in total. The number of rotatable bonds is 6. The molecule has 1 heterocycles. The minimum atomic E-state index is -0.663. The van der Waals surface area contributed by atoms with Crippen LogP contribution < -0.4 is 10.6 Å². The summed E-state index contributed by atoms with van der Waals surface area (Å²) < 4.78 is 5.24. The minimum Gasteiger partial charge on any atom is -0.454 e. The van der Waals surface area contributed by atoms with Gasteiger partial charge in [-0.1, -0.05) is 20.8 Å². The third-order valence-corrected chi connectivity index (χ3v) is 5.48. The average Bonchev–Trinajstić information content (AvgIpc) is 2.92. The van der Waals surface area contributed by atoms with Crippen LogP contribution in [0.1, 0.15) is 58.9 Å². The van der Waals surface area contributed by atoms with Crippen LogP contribution in [0.25, 0.3) is 0 Å². The summed E-state index contributed by atoms with van der Waals surface area (Å²) >= 11 is 1.30. The average molecular weight is 431 g/mol. The van der Waals surface area contributed by atoms with Crippen molar-refractivity contribution in [2.75, 3.05) is 17.2 Å². The molecule has 1 aromatic heterocycles. The van der Waals surface area contributed by atoms with E-state index in [0.29, 0.717) is 21.8 Å². The summed E-state index contributed by atoms with van der Waals surface area (Å²) in [6.45, 7) is 9.93. The Morgan fingerprint density at radius 3 is 2.13 bits per heavy atom. The van der Waals surface area contributed by atoms with E-state index >= 15 is 0 Å². The first-order valence-electron chi connectivity index (χ1n) is 9.39. The summed E-state index contributed by atoms with van der Waals surface area (Å²) in [7, 11) is 0. The number of hydrogen-bond acceptors (Lipinski definition) is 6. The number of Topliss-reactive ketones (excluding diaryl/α,β-unsaturated/α-hetero) is 1. The fourth-order valence-electron chi connectivity index (χ4n) is 2.48. The molecule has 7 nitrogen and oxygen atoms in total. The van der Waals surface area contributed by atoms with Gasteiger partial charge in [-0.3, -0.25) is 14.4 Å². The highest BCUT2D eigenvalue weighted by Crippen LogP contribution is 2.34. The van der Waals surface area contributed by atoms with Gasteiger partial charge in [0.05, 0.1) is 5.56 Å². The van der Waals surface area contributed by atoms with Gasteiger partial charge in [0, 0.05) is 28.5 Å². The smallest absolute Gasteiger partial charge is 0.341 e. The zero-order chi connectivity index (χ0) is 22.6. The Hall–Kier alpha value is -3.00. The zero-order valence-corrected chi connectivity index (χ0v) is 18.8. The van der Waals surface area contributed by atoms with E-state index in [2.05, 4.69) is 10.6 Å². The van der Waals surface area contributed by atoms with Crippen molar-refractivity contribution in [2.45, 2.75) is 41.5 Å². The van der Waals surface area contributed by atoms with E-state index in [1.165, 1.54) is 18.3 Å². The first kappa shape index (κ1) is 23.3. The first-order chi connectivity index (χ1) is 13.9. The van der Waals surface area contributed by atoms with Crippen molar-refractivity contribution in [1.29, 1.82) is 0 Å². The molecule has 0 radical (unpaired) electrons. The molecule has 0 spiro atoms. The molecule has 160 valence electrons. The number of ether oxygens (including phenoxy) is 1. The number of benzene rings is 1. The Balaban J connectivity index is 2.10. The van der Waals surface area contributed by atoms with Crippen LogP contribution in [-0.4, -0.2) is 30.2 Å². The molecule has 0 aliphatic rings. The number of nitrogens with one attached hydrogen (secondary N) is 2. The van der Waals surface area contributed by atoms with Gasteiger partial charge in [0.25, 0.3) is 0 Å². The molecule has 0 fully saturated rings. The van der Waals surface area contributed by atoms with Gasteiger partial charge < -0.3 is 15.4 Å². The van der Waals surface area contributed by atoms with E-state index in [9.17, 15) is 19.2 Å². The summed E-state index contributed by atoms with van der Waals surface area (Å²) in [5.74, 6) is -1.46.